The van der Waals surface area contributed by atoms with Gasteiger partial charge < -0.3 is 5.32 Å². The van der Waals surface area contributed by atoms with Gasteiger partial charge in [0.25, 0.3) is 0 Å². The Morgan fingerprint density at radius 1 is 1.06 bits per heavy atom. The molecular weight excluding hydrogens is 450 g/mol. The summed E-state index contributed by atoms with van der Waals surface area (Å²) in [6.07, 6.45) is 1.53. The first-order chi connectivity index (χ1) is 14.9. The lowest BCUT2D eigenvalue weighted by Crippen LogP contribution is -2.22. The third-order valence-electron chi connectivity index (χ3n) is 4.71. The van der Waals surface area contributed by atoms with Crippen molar-refractivity contribution in [3.8, 4) is 11.1 Å². The second kappa shape index (κ2) is 9.18. The highest BCUT2D eigenvalue weighted by molar-refractivity contribution is 8.00. The van der Waals surface area contributed by atoms with E-state index in [-0.39, 0.29) is 16.9 Å². The second-order valence-electron chi connectivity index (χ2n) is 6.90. The van der Waals surface area contributed by atoms with Crippen LogP contribution in [-0.2, 0) is 4.79 Å². The summed E-state index contributed by atoms with van der Waals surface area (Å²) in [5.41, 5.74) is 3.30. The molecule has 1 amide bonds. The molecule has 4 aromatic rings. The van der Waals surface area contributed by atoms with Gasteiger partial charge in [0.2, 0.25) is 5.91 Å². The van der Waals surface area contributed by atoms with Gasteiger partial charge in [0.05, 0.1) is 10.6 Å². The zero-order chi connectivity index (χ0) is 22.0. The highest BCUT2D eigenvalue weighted by atomic mass is 35.5. The normalized spacial score (nSPS) is 12.0. The summed E-state index contributed by atoms with van der Waals surface area (Å²) in [5.74, 6) is -0.155. The molecule has 1 N–H and O–H groups in total. The summed E-state index contributed by atoms with van der Waals surface area (Å²) in [4.78, 5) is 33.9. The van der Waals surface area contributed by atoms with Gasteiger partial charge in [-0.25, -0.2) is 9.97 Å². The molecule has 0 radical (unpaired) electrons. The Kier molecular flexibility index (Phi) is 6.36. The molecule has 8 heteroatoms. The number of thiophene rings is 1. The van der Waals surface area contributed by atoms with Crippen LogP contribution in [-0.4, -0.2) is 26.9 Å². The van der Waals surface area contributed by atoms with Crippen LogP contribution < -0.4 is 5.32 Å². The number of halogens is 1. The van der Waals surface area contributed by atoms with Gasteiger partial charge in [-0.1, -0.05) is 35.5 Å². The Labute approximate surface area is 192 Å². The van der Waals surface area contributed by atoms with Gasteiger partial charge in [-0.3, -0.25) is 9.59 Å². The molecule has 1 atom stereocenters. The number of ketones is 1. The number of anilines is 1. The Balaban J connectivity index is 1.56. The molecule has 2 aromatic carbocycles. The Morgan fingerprint density at radius 2 is 1.77 bits per heavy atom. The van der Waals surface area contributed by atoms with E-state index in [0.717, 1.165) is 26.4 Å². The number of carbonyl (C=O) groups is 2. The van der Waals surface area contributed by atoms with E-state index < -0.39 is 0 Å². The summed E-state index contributed by atoms with van der Waals surface area (Å²) >= 11 is 8.96. The van der Waals surface area contributed by atoms with Gasteiger partial charge in [-0.05, 0) is 55.8 Å². The monoisotopic (exact) mass is 467 g/mol. The summed E-state index contributed by atoms with van der Waals surface area (Å²) in [6, 6.07) is 14.5. The molecule has 4 rings (SSSR count). The number of fused-ring (bicyclic) bond motifs is 1. The van der Waals surface area contributed by atoms with Crippen LogP contribution in [0.4, 0.5) is 5.69 Å². The third-order valence-corrected chi connectivity index (χ3v) is 6.95. The number of hydrogen-bond acceptors (Lipinski definition) is 6. The highest BCUT2D eigenvalue weighted by Gasteiger charge is 2.20. The number of hydrogen-bond donors (Lipinski definition) is 1. The number of Topliss-reactive ketones (excluding diaryl/α,β-unsaturated/α-hetero) is 1. The maximum absolute atomic E-state index is 12.7. The van der Waals surface area contributed by atoms with Crippen molar-refractivity contribution >= 4 is 62.3 Å². The quantitative estimate of drug-likeness (QED) is 0.203. The molecule has 5 nitrogen and oxygen atoms in total. The van der Waals surface area contributed by atoms with E-state index >= 15 is 0 Å². The van der Waals surface area contributed by atoms with E-state index in [1.165, 1.54) is 25.0 Å². The van der Waals surface area contributed by atoms with Crippen molar-refractivity contribution in [3.63, 3.8) is 0 Å². The van der Waals surface area contributed by atoms with E-state index in [1.54, 1.807) is 35.6 Å². The van der Waals surface area contributed by atoms with Crippen LogP contribution in [0.25, 0.3) is 21.3 Å². The van der Waals surface area contributed by atoms with E-state index in [2.05, 4.69) is 15.3 Å². The number of nitrogens with zero attached hydrogens (tertiary/aromatic N) is 2. The molecule has 31 heavy (non-hydrogen) atoms. The Morgan fingerprint density at radius 3 is 2.45 bits per heavy atom. The molecule has 0 aliphatic carbocycles. The van der Waals surface area contributed by atoms with E-state index in [0.29, 0.717) is 16.3 Å². The SMILES string of the molecule is CC(=O)c1ccc(NC(=O)C(C)Sc2ncnc3scc(-c4ccc(Cl)cc4)c23)cc1. The molecule has 0 aliphatic rings. The predicted molar refractivity (Wildman–Crippen MR) is 128 cm³/mol. The van der Waals surface area contributed by atoms with Crippen molar-refractivity contribution in [3.05, 3.63) is 70.8 Å². The Hall–Kier alpha value is -2.74. The predicted octanol–water partition coefficient (Wildman–Crippen LogP) is 6.33. The average Bonchev–Trinajstić information content (AvgIpc) is 3.20. The molecule has 0 saturated heterocycles. The lowest BCUT2D eigenvalue weighted by atomic mass is 10.1. The van der Waals surface area contributed by atoms with Crippen molar-refractivity contribution in [1.82, 2.24) is 9.97 Å². The van der Waals surface area contributed by atoms with Crippen molar-refractivity contribution < 1.29 is 9.59 Å². The van der Waals surface area contributed by atoms with Crippen LogP contribution in [0.15, 0.2) is 65.3 Å². The maximum atomic E-state index is 12.7. The molecule has 0 spiro atoms. The van der Waals surface area contributed by atoms with Crippen LogP contribution in [0.5, 0.6) is 0 Å². The standard InChI is InChI=1S/C23H18ClN3O2S2/c1-13(28)15-5-9-18(10-6-15)27-21(29)14(2)31-23-20-19(11-30-22(20)25-12-26-23)16-3-7-17(24)8-4-16/h3-12,14H,1-2H3,(H,27,29). The fourth-order valence-corrected chi connectivity index (χ4v) is 5.07. The van der Waals surface area contributed by atoms with E-state index in [4.69, 9.17) is 11.6 Å². The number of nitrogens with one attached hydrogen (secondary N) is 1. The van der Waals surface area contributed by atoms with Crippen LogP contribution in [0.1, 0.15) is 24.2 Å². The average molecular weight is 468 g/mol. The number of thioether (sulfide) groups is 1. The largest absolute Gasteiger partial charge is 0.325 e. The van der Waals surface area contributed by atoms with E-state index in [1.807, 2.05) is 36.6 Å². The second-order valence-corrected chi connectivity index (χ2v) is 9.52. The van der Waals surface area contributed by atoms with Crippen LogP contribution in [0.3, 0.4) is 0 Å². The molecule has 0 aliphatic heterocycles. The van der Waals surface area contributed by atoms with E-state index in [9.17, 15) is 9.59 Å². The Bertz CT molecular complexity index is 1250. The fraction of sp³-hybridized carbons (Fsp3) is 0.130. The van der Waals surface area contributed by atoms with Crippen LogP contribution in [0, 0.1) is 0 Å². The van der Waals surface area contributed by atoms with Crippen LogP contribution in [0.2, 0.25) is 5.02 Å². The third kappa shape index (κ3) is 4.79. The van der Waals surface area contributed by atoms with Crippen LogP contribution >= 0.6 is 34.7 Å². The first kappa shape index (κ1) is 21.5. The lowest BCUT2D eigenvalue weighted by Gasteiger charge is -2.13. The zero-order valence-corrected chi connectivity index (χ0v) is 19.1. The van der Waals surface area contributed by atoms with Gasteiger partial charge in [0.15, 0.2) is 5.78 Å². The van der Waals surface area contributed by atoms with Crippen molar-refractivity contribution in [2.24, 2.45) is 0 Å². The molecule has 1 unspecified atom stereocenters. The van der Waals surface area contributed by atoms with Crippen molar-refractivity contribution in [1.29, 1.82) is 0 Å². The molecule has 0 bridgehead atoms. The number of aromatic nitrogens is 2. The number of amides is 1. The minimum atomic E-state index is -0.386. The number of rotatable bonds is 6. The summed E-state index contributed by atoms with van der Waals surface area (Å²) in [5, 5.41) is 6.93. The molecule has 2 heterocycles. The zero-order valence-electron chi connectivity index (χ0n) is 16.8. The summed E-state index contributed by atoms with van der Waals surface area (Å²) in [7, 11) is 0. The minimum absolute atomic E-state index is 0.0122. The topological polar surface area (TPSA) is 72.0 Å². The molecule has 0 saturated carbocycles. The molecular formula is C23H18ClN3O2S2. The smallest absolute Gasteiger partial charge is 0.237 e. The van der Waals surface area contributed by atoms with Gasteiger partial charge in [0, 0.05) is 27.2 Å². The molecule has 0 fully saturated rings. The molecule has 156 valence electrons. The molecule has 2 aromatic heterocycles. The summed E-state index contributed by atoms with van der Waals surface area (Å²) < 4.78 is 0. The first-order valence-corrected chi connectivity index (χ1v) is 11.6. The number of benzene rings is 2. The van der Waals surface area contributed by atoms with Gasteiger partial charge in [-0.15, -0.1) is 11.3 Å². The summed E-state index contributed by atoms with van der Waals surface area (Å²) in [6.45, 7) is 3.35. The maximum Gasteiger partial charge on any atom is 0.237 e. The van der Waals surface area contributed by atoms with Crippen molar-refractivity contribution in [2.75, 3.05) is 5.32 Å². The number of carbonyl (C=O) groups excluding carboxylic acids is 2. The van der Waals surface area contributed by atoms with Gasteiger partial charge >= 0.3 is 0 Å². The first-order valence-electron chi connectivity index (χ1n) is 9.49. The van der Waals surface area contributed by atoms with Crippen molar-refractivity contribution in [2.45, 2.75) is 24.1 Å². The fourth-order valence-electron chi connectivity index (χ4n) is 3.03. The highest BCUT2D eigenvalue weighted by Crippen LogP contribution is 2.39. The lowest BCUT2D eigenvalue weighted by molar-refractivity contribution is -0.115. The van der Waals surface area contributed by atoms with Gasteiger partial charge in [-0.2, -0.15) is 0 Å². The van der Waals surface area contributed by atoms with Gasteiger partial charge in [0.1, 0.15) is 16.2 Å². The minimum Gasteiger partial charge on any atom is -0.325 e.